The molecule has 1 aliphatic rings. The van der Waals surface area contributed by atoms with Gasteiger partial charge in [-0.2, -0.15) is 0 Å². The van der Waals surface area contributed by atoms with Crippen molar-refractivity contribution in [2.24, 2.45) is 0 Å². The first-order valence-corrected chi connectivity index (χ1v) is 4.48. The van der Waals surface area contributed by atoms with E-state index in [-0.39, 0.29) is 0 Å². The molecule has 12 heavy (non-hydrogen) atoms. The van der Waals surface area contributed by atoms with E-state index in [1.54, 1.807) is 0 Å². The van der Waals surface area contributed by atoms with Crippen molar-refractivity contribution >= 4 is 11.6 Å². The second-order valence-electron chi connectivity index (χ2n) is 2.82. The molecule has 2 heterocycles. The minimum atomic E-state index is 0.390. The Bertz CT molecular complexity index is 259. The highest BCUT2D eigenvalue weighted by molar-refractivity contribution is 6.17. The van der Waals surface area contributed by atoms with Crippen LogP contribution in [0.1, 0.15) is 11.7 Å². The van der Waals surface area contributed by atoms with E-state index in [2.05, 4.69) is 10.3 Å². The highest BCUT2D eigenvalue weighted by atomic mass is 35.5. The molecule has 1 saturated heterocycles. The molecule has 1 aromatic rings. The molecule has 1 fully saturated rings. The van der Waals surface area contributed by atoms with Crippen LogP contribution in [0.2, 0.25) is 0 Å². The average Bonchev–Trinajstić information content (AvgIpc) is 2.34. The third-order valence-corrected chi connectivity index (χ3v) is 2.09. The molecule has 1 aromatic heterocycles. The predicted octanol–water partition coefficient (Wildman–Crippen LogP) is 0.631. The van der Waals surface area contributed by atoms with Gasteiger partial charge in [0, 0.05) is 18.5 Å². The average molecular weight is 188 g/mol. The highest BCUT2D eigenvalue weighted by Gasteiger charge is 2.21. The molecule has 0 spiro atoms. The van der Waals surface area contributed by atoms with Crippen molar-refractivity contribution in [2.75, 3.05) is 19.1 Å². The highest BCUT2D eigenvalue weighted by Crippen LogP contribution is 2.15. The molecule has 0 radical (unpaired) electrons. The Labute approximate surface area is 75.5 Å². The minimum absolute atomic E-state index is 0.390. The first-order valence-electron chi connectivity index (χ1n) is 3.94. The summed E-state index contributed by atoms with van der Waals surface area (Å²) in [5, 5.41) is 7.97. The fraction of sp³-hybridized carbons (Fsp3) is 0.714. The van der Waals surface area contributed by atoms with Gasteiger partial charge in [-0.05, 0) is 0 Å². The van der Waals surface area contributed by atoms with Crippen LogP contribution >= 0.6 is 11.6 Å². The number of aryl methyl sites for hydroxylation is 1. The number of hydrogen-bond acceptors (Lipinski definition) is 3. The summed E-state index contributed by atoms with van der Waals surface area (Å²) >= 11 is 5.57. The Morgan fingerprint density at radius 3 is 3.08 bits per heavy atom. The van der Waals surface area contributed by atoms with E-state index in [9.17, 15) is 0 Å². The van der Waals surface area contributed by atoms with Crippen LogP contribution in [0, 0.1) is 0 Å². The zero-order valence-corrected chi connectivity index (χ0v) is 7.37. The van der Waals surface area contributed by atoms with Crippen LogP contribution in [0.15, 0.2) is 6.20 Å². The van der Waals surface area contributed by atoms with Gasteiger partial charge in [0.2, 0.25) is 0 Å². The Morgan fingerprint density at radius 1 is 1.67 bits per heavy atom. The molecule has 2 rings (SSSR count). The zero-order chi connectivity index (χ0) is 8.39. The van der Waals surface area contributed by atoms with Crippen molar-refractivity contribution in [2.45, 2.75) is 12.5 Å². The molecule has 5 heteroatoms. The molecule has 0 bridgehead atoms. The molecule has 1 aliphatic heterocycles. The summed E-state index contributed by atoms with van der Waals surface area (Å²) in [7, 11) is 0. The van der Waals surface area contributed by atoms with Crippen molar-refractivity contribution in [1.82, 2.24) is 15.0 Å². The van der Waals surface area contributed by atoms with Gasteiger partial charge in [-0.3, -0.25) is 0 Å². The summed E-state index contributed by atoms with van der Waals surface area (Å²) in [6.45, 7) is 1.51. The van der Waals surface area contributed by atoms with Crippen LogP contribution in [0.4, 0.5) is 0 Å². The van der Waals surface area contributed by atoms with Gasteiger partial charge in [0.1, 0.15) is 6.04 Å². The normalized spacial score (nSPS) is 17.8. The Morgan fingerprint density at radius 2 is 2.50 bits per heavy atom. The van der Waals surface area contributed by atoms with Gasteiger partial charge in [-0.25, -0.2) is 4.68 Å². The van der Waals surface area contributed by atoms with Crippen LogP contribution in [0.3, 0.4) is 0 Å². The van der Waals surface area contributed by atoms with E-state index in [0.29, 0.717) is 11.9 Å². The smallest absolute Gasteiger partial charge is 0.100 e. The van der Waals surface area contributed by atoms with Gasteiger partial charge in [0.15, 0.2) is 0 Å². The standard InChI is InChI=1S/C7H10ClN3O/c8-2-1-6-3-11(10-9-6)7-4-12-5-7/h3,7H,1-2,4-5H2. The Kier molecular flexibility index (Phi) is 2.28. The summed E-state index contributed by atoms with van der Waals surface area (Å²) in [4.78, 5) is 0. The summed E-state index contributed by atoms with van der Waals surface area (Å²) in [6.07, 6.45) is 2.73. The third kappa shape index (κ3) is 1.44. The van der Waals surface area contributed by atoms with Gasteiger partial charge in [-0.1, -0.05) is 5.21 Å². The summed E-state index contributed by atoms with van der Waals surface area (Å²) in [5.74, 6) is 0.597. The fourth-order valence-corrected chi connectivity index (χ4v) is 1.27. The minimum Gasteiger partial charge on any atom is -0.377 e. The van der Waals surface area contributed by atoms with Crippen LogP contribution < -0.4 is 0 Å². The van der Waals surface area contributed by atoms with Gasteiger partial charge in [-0.15, -0.1) is 16.7 Å². The maximum absolute atomic E-state index is 5.57. The van der Waals surface area contributed by atoms with Gasteiger partial charge < -0.3 is 4.74 Å². The quantitative estimate of drug-likeness (QED) is 0.652. The van der Waals surface area contributed by atoms with Crippen molar-refractivity contribution in [3.8, 4) is 0 Å². The predicted molar refractivity (Wildman–Crippen MR) is 44.3 cm³/mol. The lowest BCUT2D eigenvalue weighted by atomic mass is 10.2. The van der Waals surface area contributed by atoms with Crippen LogP contribution in [0.5, 0.6) is 0 Å². The second kappa shape index (κ2) is 3.41. The lowest BCUT2D eigenvalue weighted by Gasteiger charge is -2.25. The number of rotatable bonds is 3. The number of halogens is 1. The monoisotopic (exact) mass is 187 g/mol. The van der Waals surface area contributed by atoms with E-state index in [4.69, 9.17) is 16.3 Å². The lowest BCUT2D eigenvalue weighted by molar-refractivity contribution is -0.0293. The van der Waals surface area contributed by atoms with Crippen LogP contribution in [-0.4, -0.2) is 34.1 Å². The number of alkyl halides is 1. The lowest BCUT2D eigenvalue weighted by Crippen LogP contribution is -2.30. The fourth-order valence-electron chi connectivity index (χ4n) is 1.08. The SMILES string of the molecule is ClCCc1cn(C2COC2)nn1. The number of hydrogen-bond donors (Lipinski definition) is 0. The largest absolute Gasteiger partial charge is 0.377 e. The van der Waals surface area contributed by atoms with E-state index >= 15 is 0 Å². The zero-order valence-electron chi connectivity index (χ0n) is 6.61. The summed E-state index contributed by atoms with van der Waals surface area (Å²) in [6, 6.07) is 0.390. The first kappa shape index (κ1) is 8.01. The maximum Gasteiger partial charge on any atom is 0.100 e. The number of ether oxygens (including phenoxy) is 1. The molecule has 0 saturated carbocycles. The van der Waals surface area contributed by atoms with Gasteiger partial charge in [0.05, 0.1) is 18.9 Å². The third-order valence-electron chi connectivity index (χ3n) is 1.90. The molecule has 66 valence electrons. The summed E-state index contributed by atoms with van der Waals surface area (Å²) < 4.78 is 6.90. The van der Waals surface area contributed by atoms with Crippen LogP contribution in [0.25, 0.3) is 0 Å². The van der Waals surface area contributed by atoms with Crippen molar-refractivity contribution in [3.63, 3.8) is 0 Å². The molecule has 0 aromatic carbocycles. The van der Waals surface area contributed by atoms with E-state index < -0.39 is 0 Å². The molecule has 0 atom stereocenters. The Balaban J connectivity index is 2.02. The number of nitrogens with zero attached hydrogens (tertiary/aromatic N) is 3. The number of aromatic nitrogens is 3. The van der Waals surface area contributed by atoms with E-state index in [0.717, 1.165) is 25.3 Å². The molecular weight excluding hydrogens is 178 g/mol. The van der Waals surface area contributed by atoms with E-state index in [1.165, 1.54) is 0 Å². The van der Waals surface area contributed by atoms with Gasteiger partial charge in [0.25, 0.3) is 0 Å². The Hall–Kier alpha value is -0.610. The molecule has 0 N–H and O–H groups in total. The van der Waals surface area contributed by atoms with Gasteiger partial charge >= 0.3 is 0 Å². The maximum atomic E-state index is 5.57. The second-order valence-corrected chi connectivity index (χ2v) is 3.20. The van der Waals surface area contributed by atoms with Crippen molar-refractivity contribution in [3.05, 3.63) is 11.9 Å². The molecule has 0 aliphatic carbocycles. The molecule has 0 unspecified atom stereocenters. The molecular formula is C7H10ClN3O. The van der Waals surface area contributed by atoms with Crippen molar-refractivity contribution < 1.29 is 4.74 Å². The van der Waals surface area contributed by atoms with Crippen LogP contribution in [-0.2, 0) is 11.2 Å². The molecule has 0 amide bonds. The summed E-state index contributed by atoms with van der Waals surface area (Å²) in [5.41, 5.74) is 0.955. The van der Waals surface area contributed by atoms with Crippen molar-refractivity contribution in [1.29, 1.82) is 0 Å². The first-order chi connectivity index (χ1) is 5.90. The molecule has 4 nitrogen and oxygen atoms in total. The van der Waals surface area contributed by atoms with E-state index in [1.807, 2.05) is 10.9 Å². The topological polar surface area (TPSA) is 39.9 Å².